The first-order valence-electron chi connectivity index (χ1n) is 5.36. The SMILES string of the molecule is COC=O.N#Cc1ccc(C2CC(F)(F)C2)cc1. The van der Waals surface area contributed by atoms with Crippen molar-refractivity contribution in [2.45, 2.75) is 24.7 Å². The van der Waals surface area contributed by atoms with E-state index in [4.69, 9.17) is 10.1 Å². The Morgan fingerprint density at radius 1 is 1.39 bits per heavy atom. The number of methoxy groups -OCH3 is 1. The summed E-state index contributed by atoms with van der Waals surface area (Å²) in [5.74, 6) is -2.50. The lowest BCUT2D eigenvalue weighted by Crippen LogP contribution is -2.33. The fourth-order valence-corrected chi connectivity index (χ4v) is 1.73. The Morgan fingerprint density at radius 2 is 1.89 bits per heavy atom. The summed E-state index contributed by atoms with van der Waals surface area (Å²) in [5.41, 5.74) is 1.48. The van der Waals surface area contributed by atoms with E-state index in [-0.39, 0.29) is 18.8 Å². The zero-order chi connectivity index (χ0) is 13.6. The Labute approximate surface area is 104 Å². The highest BCUT2D eigenvalue weighted by atomic mass is 19.3. The molecule has 0 spiro atoms. The predicted molar refractivity (Wildman–Crippen MR) is 61.2 cm³/mol. The minimum Gasteiger partial charge on any atom is -0.471 e. The Kier molecular flexibility index (Phi) is 4.78. The molecule has 1 fully saturated rings. The maximum Gasteiger partial charge on any atom is 0.292 e. The van der Waals surface area contributed by atoms with Crippen LogP contribution in [-0.4, -0.2) is 19.5 Å². The van der Waals surface area contributed by atoms with Gasteiger partial charge in [0, 0.05) is 12.8 Å². The maximum absolute atomic E-state index is 12.6. The number of halogens is 2. The third-order valence-electron chi connectivity index (χ3n) is 2.70. The van der Waals surface area contributed by atoms with Gasteiger partial charge in [0.15, 0.2) is 0 Å². The van der Waals surface area contributed by atoms with E-state index in [1.54, 1.807) is 24.3 Å². The molecule has 96 valence electrons. The van der Waals surface area contributed by atoms with Gasteiger partial charge in [0.25, 0.3) is 6.47 Å². The van der Waals surface area contributed by atoms with Gasteiger partial charge in [0.1, 0.15) is 0 Å². The lowest BCUT2D eigenvalue weighted by atomic mass is 9.77. The summed E-state index contributed by atoms with van der Waals surface area (Å²) in [6, 6.07) is 8.87. The molecule has 0 aliphatic heterocycles. The van der Waals surface area contributed by atoms with Crippen LogP contribution >= 0.6 is 0 Å². The Hall–Kier alpha value is -1.96. The summed E-state index contributed by atoms with van der Waals surface area (Å²) in [4.78, 5) is 8.95. The highest BCUT2D eigenvalue weighted by Crippen LogP contribution is 2.48. The van der Waals surface area contributed by atoms with Crippen LogP contribution in [0.15, 0.2) is 24.3 Å². The molecule has 0 saturated heterocycles. The molecule has 0 N–H and O–H groups in total. The number of ether oxygens (including phenoxy) is 1. The average molecular weight is 253 g/mol. The van der Waals surface area contributed by atoms with Crippen LogP contribution in [0.25, 0.3) is 0 Å². The Balaban J connectivity index is 0.000000357. The molecule has 0 amide bonds. The highest BCUT2D eigenvalue weighted by Gasteiger charge is 2.45. The Morgan fingerprint density at radius 3 is 2.22 bits per heavy atom. The summed E-state index contributed by atoms with van der Waals surface area (Å²) in [6.07, 6.45) is -0.113. The van der Waals surface area contributed by atoms with Crippen LogP contribution in [0.2, 0.25) is 0 Å². The third-order valence-corrected chi connectivity index (χ3v) is 2.70. The monoisotopic (exact) mass is 253 g/mol. The smallest absolute Gasteiger partial charge is 0.292 e. The molecular formula is C13H13F2NO2. The molecule has 0 aromatic heterocycles. The maximum atomic E-state index is 12.6. The molecular weight excluding hydrogens is 240 g/mol. The van der Waals surface area contributed by atoms with Crippen LogP contribution in [0.5, 0.6) is 0 Å². The van der Waals surface area contributed by atoms with Gasteiger partial charge in [-0.3, -0.25) is 4.79 Å². The van der Waals surface area contributed by atoms with Crippen LogP contribution in [-0.2, 0) is 9.53 Å². The molecule has 18 heavy (non-hydrogen) atoms. The minimum atomic E-state index is -2.47. The van der Waals surface area contributed by atoms with E-state index < -0.39 is 5.92 Å². The number of alkyl halides is 2. The predicted octanol–water partition coefficient (Wildman–Crippen LogP) is 2.86. The molecule has 0 heterocycles. The quantitative estimate of drug-likeness (QED) is 0.761. The third kappa shape index (κ3) is 3.81. The fourth-order valence-electron chi connectivity index (χ4n) is 1.73. The molecule has 1 aliphatic carbocycles. The zero-order valence-electron chi connectivity index (χ0n) is 9.90. The number of nitrogens with zero attached hydrogens (tertiary/aromatic N) is 1. The number of carbonyl (C=O) groups excluding carboxylic acids is 1. The number of hydrogen-bond donors (Lipinski definition) is 0. The number of carbonyl (C=O) groups is 1. The molecule has 1 saturated carbocycles. The van der Waals surface area contributed by atoms with Gasteiger partial charge in [-0.1, -0.05) is 12.1 Å². The number of benzene rings is 1. The largest absolute Gasteiger partial charge is 0.471 e. The van der Waals surface area contributed by atoms with Crippen LogP contribution in [0, 0.1) is 11.3 Å². The van der Waals surface area contributed by atoms with Gasteiger partial charge >= 0.3 is 0 Å². The van der Waals surface area contributed by atoms with E-state index in [0.29, 0.717) is 12.0 Å². The lowest BCUT2D eigenvalue weighted by Gasteiger charge is -2.35. The summed E-state index contributed by atoms with van der Waals surface area (Å²) in [7, 11) is 1.31. The second kappa shape index (κ2) is 6.10. The first-order chi connectivity index (χ1) is 8.52. The van der Waals surface area contributed by atoms with Crippen molar-refractivity contribution in [3.63, 3.8) is 0 Å². The van der Waals surface area contributed by atoms with Gasteiger partial charge in [0.2, 0.25) is 5.92 Å². The summed E-state index contributed by atoms with van der Waals surface area (Å²) in [6.45, 7) is 0.375. The van der Waals surface area contributed by atoms with E-state index in [0.717, 1.165) is 5.56 Å². The molecule has 0 radical (unpaired) electrons. The topological polar surface area (TPSA) is 50.1 Å². The standard InChI is InChI=1S/C11H9F2N.C2H4O2/c12-11(13)5-10(6-11)9-3-1-8(7-14)2-4-9;1-4-2-3/h1-4,10H,5-6H2;2H,1H3. The van der Waals surface area contributed by atoms with Gasteiger partial charge in [-0.05, 0) is 23.6 Å². The van der Waals surface area contributed by atoms with E-state index in [9.17, 15) is 8.78 Å². The number of nitriles is 1. The molecule has 3 nitrogen and oxygen atoms in total. The summed E-state index contributed by atoms with van der Waals surface area (Å²) >= 11 is 0. The van der Waals surface area contributed by atoms with Crippen molar-refractivity contribution in [2.24, 2.45) is 0 Å². The number of hydrogen-bond acceptors (Lipinski definition) is 3. The lowest BCUT2D eigenvalue weighted by molar-refractivity contribution is -0.126. The Bertz CT molecular complexity index is 429. The van der Waals surface area contributed by atoms with Crippen LogP contribution in [0.4, 0.5) is 8.78 Å². The van der Waals surface area contributed by atoms with Gasteiger partial charge < -0.3 is 4.74 Å². The molecule has 0 unspecified atom stereocenters. The first kappa shape index (κ1) is 14.1. The minimum absolute atomic E-state index is 0.0299. The van der Waals surface area contributed by atoms with Crippen molar-refractivity contribution < 1.29 is 18.3 Å². The van der Waals surface area contributed by atoms with Crippen molar-refractivity contribution in [2.75, 3.05) is 7.11 Å². The highest BCUT2D eigenvalue weighted by molar-refractivity contribution is 5.36. The van der Waals surface area contributed by atoms with Crippen molar-refractivity contribution >= 4 is 6.47 Å². The van der Waals surface area contributed by atoms with E-state index in [1.807, 2.05) is 6.07 Å². The second-order valence-corrected chi connectivity index (χ2v) is 4.03. The second-order valence-electron chi connectivity index (χ2n) is 4.03. The van der Waals surface area contributed by atoms with Gasteiger partial charge in [-0.15, -0.1) is 0 Å². The number of rotatable bonds is 2. The molecule has 5 heteroatoms. The van der Waals surface area contributed by atoms with Crippen molar-refractivity contribution in [3.05, 3.63) is 35.4 Å². The van der Waals surface area contributed by atoms with Crippen molar-refractivity contribution in [3.8, 4) is 6.07 Å². The molecule has 0 bridgehead atoms. The summed E-state index contributed by atoms with van der Waals surface area (Å²) < 4.78 is 29.0. The van der Waals surface area contributed by atoms with Crippen LogP contribution < -0.4 is 0 Å². The molecule has 1 aromatic carbocycles. The average Bonchev–Trinajstić information content (AvgIpc) is 2.36. The fraction of sp³-hybridized carbons (Fsp3) is 0.385. The van der Waals surface area contributed by atoms with E-state index in [2.05, 4.69) is 4.74 Å². The van der Waals surface area contributed by atoms with Crippen molar-refractivity contribution in [1.29, 1.82) is 5.26 Å². The van der Waals surface area contributed by atoms with Gasteiger partial charge in [0.05, 0.1) is 18.7 Å². The van der Waals surface area contributed by atoms with Gasteiger partial charge in [-0.2, -0.15) is 5.26 Å². The zero-order valence-corrected chi connectivity index (χ0v) is 9.90. The van der Waals surface area contributed by atoms with Gasteiger partial charge in [-0.25, -0.2) is 8.78 Å². The molecule has 0 atom stereocenters. The van der Waals surface area contributed by atoms with E-state index in [1.165, 1.54) is 7.11 Å². The summed E-state index contributed by atoms with van der Waals surface area (Å²) in [5, 5.41) is 8.55. The normalized spacial score (nSPS) is 16.6. The van der Waals surface area contributed by atoms with E-state index >= 15 is 0 Å². The molecule has 1 aromatic rings. The molecule has 1 aliphatic rings. The first-order valence-corrected chi connectivity index (χ1v) is 5.36. The van der Waals surface area contributed by atoms with Crippen LogP contribution in [0.3, 0.4) is 0 Å². The van der Waals surface area contributed by atoms with Crippen molar-refractivity contribution in [1.82, 2.24) is 0 Å². The molecule has 2 rings (SSSR count). The van der Waals surface area contributed by atoms with Crippen LogP contribution in [0.1, 0.15) is 29.9 Å².